The number of nitrogens with one attached hydrogen (secondary N) is 2. The molecule has 0 radical (unpaired) electrons. The highest BCUT2D eigenvalue weighted by Gasteiger charge is 2.29. The quantitative estimate of drug-likeness (QED) is 0.760. The highest BCUT2D eigenvalue weighted by atomic mass is 16.5. The molecule has 2 aromatic rings. The summed E-state index contributed by atoms with van der Waals surface area (Å²) in [6, 6.07) is 13.4. The van der Waals surface area contributed by atoms with Gasteiger partial charge < -0.3 is 10.1 Å². The maximum absolute atomic E-state index is 13.5. The maximum Gasteiger partial charge on any atom is 0.411 e. The summed E-state index contributed by atoms with van der Waals surface area (Å²) < 4.78 is 4.99. The summed E-state index contributed by atoms with van der Waals surface area (Å²) in [7, 11) is 0. The Hall–Kier alpha value is -2.86. The summed E-state index contributed by atoms with van der Waals surface area (Å²) in [6.45, 7) is 6.81. The lowest BCUT2D eigenvalue weighted by Crippen LogP contribution is -2.43. The molecule has 0 aromatic heterocycles. The third-order valence-electron chi connectivity index (χ3n) is 5.04. The van der Waals surface area contributed by atoms with Gasteiger partial charge >= 0.3 is 6.09 Å². The van der Waals surface area contributed by atoms with E-state index in [4.69, 9.17) is 4.74 Å². The highest BCUT2D eigenvalue weighted by molar-refractivity contribution is 6.05. The Morgan fingerprint density at radius 1 is 1.07 bits per heavy atom. The van der Waals surface area contributed by atoms with Gasteiger partial charge in [0.2, 0.25) is 5.91 Å². The monoisotopic (exact) mass is 395 g/mol. The van der Waals surface area contributed by atoms with Crippen molar-refractivity contribution in [1.29, 1.82) is 0 Å². The molecule has 6 heteroatoms. The van der Waals surface area contributed by atoms with Crippen molar-refractivity contribution in [3.05, 3.63) is 53.6 Å². The predicted molar refractivity (Wildman–Crippen MR) is 116 cm³/mol. The van der Waals surface area contributed by atoms with Crippen LogP contribution in [-0.4, -0.2) is 31.2 Å². The summed E-state index contributed by atoms with van der Waals surface area (Å²) in [6.07, 6.45) is 2.14. The van der Waals surface area contributed by atoms with E-state index in [0.29, 0.717) is 12.3 Å². The second-order valence-electron chi connectivity index (χ2n) is 7.17. The third-order valence-corrected chi connectivity index (χ3v) is 5.04. The molecule has 0 spiro atoms. The molecule has 2 aromatic carbocycles. The van der Waals surface area contributed by atoms with Crippen LogP contribution in [0.15, 0.2) is 42.5 Å². The number of aryl methyl sites for hydroxylation is 2. The van der Waals surface area contributed by atoms with Gasteiger partial charge in [-0.2, -0.15) is 0 Å². The van der Waals surface area contributed by atoms with E-state index in [9.17, 15) is 9.59 Å². The first-order valence-corrected chi connectivity index (χ1v) is 10.3. The number of fused-ring (bicyclic) bond motifs is 2. The van der Waals surface area contributed by atoms with E-state index in [1.807, 2.05) is 43.3 Å². The molecule has 154 valence electrons. The van der Waals surface area contributed by atoms with Crippen LogP contribution >= 0.6 is 0 Å². The van der Waals surface area contributed by atoms with Gasteiger partial charge in [-0.05, 0) is 69.0 Å². The minimum absolute atomic E-state index is 0.0117. The predicted octanol–water partition coefficient (Wildman–Crippen LogP) is 4.41. The molecule has 0 saturated heterocycles. The van der Waals surface area contributed by atoms with Crippen molar-refractivity contribution in [1.82, 2.24) is 5.32 Å². The van der Waals surface area contributed by atoms with E-state index < -0.39 is 6.09 Å². The van der Waals surface area contributed by atoms with Gasteiger partial charge in [0, 0.05) is 5.69 Å². The zero-order valence-corrected chi connectivity index (χ0v) is 17.3. The van der Waals surface area contributed by atoms with E-state index in [1.54, 1.807) is 11.8 Å². The van der Waals surface area contributed by atoms with Crippen LogP contribution < -0.4 is 15.5 Å². The Bertz CT molecular complexity index is 881. The van der Waals surface area contributed by atoms with Gasteiger partial charge in [-0.15, -0.1) is 0 Å². The van der Waals surface area contributed by atoms with Gasteiger partial charge in [-0.1, -0.05) is 31.2 Å². The topological polar surface area (TPSA) is 70.7 Å². The SMILES string of the molecule is CCCNC(C)C(=O)N1c2ccccc2CCc2ccc(NC(=O)OCC)cc21. The number of carbonyl (C=O) groups excluding carboxylic acids is 2. The van der Waals surface area contributed by atoms with Crippen LogP contribution in [0.4, 0.5) is 21.9 Å². The number of rotatable bonds is 6. The van der Waals surface area contributed by atoms with Gasteiger partial charge in [-0.3, -0.25) is 15.0 Å². The van der Waals surface area contributed by atoms with Gasteiger partial charge in [0.25, 0.3) is 0 Å². The fraction of sp³-hybridized carbons (Fsp3) is 0.391. The van der Waals surface area contributed by atoms with Gasteiger partial charge in [-0.25, -0.2) is 4.79 Å². The second kappa shape index (κ2) is 9.56. The minimum Gasteiger partial charge on any atom is -0.450 e. The number of para-hydroxylation sites is 1. The molecular weight excluding hydrogens is 366 g/mol. The number of amides is 2. The first-order chi connectivity index (χ1) is 14.0. The largest absolute Gasteiger partial charge is 0.450 e. The van der Waals surface area contributed by atoms with Crippen molar-refractivity contribution < 1.29 is 14.3 Å². The van der Waals surface area contributed by atoms with Crippen LogP contribution in [0.5, 0.6) is 0 Å². The molecule has 1 aliphatic heterocycles. The highest BCUT2D eigenvalue weighted by Crippen LogP contribution is 2.38. The number of ether oxygens (including phenoxy) is 1. The summed E-state index contributed by atoms with van der Waals surface area (Å²) in [5.74, 6) is -0.0117. The van der Waals surface area contributed by atoms with Crippen LogP contribution in [0.25, 0.3) is 0 Å². The number of hydrogen-bond acceptors (Lipinski definition) is 4. The standard InChI is InChI=1S/C23H29N3O3/c1-4-14-24-16(3)22(27)26-20-9-7-6-8-17(20)10-11-18-12-13-19(15-21(18)26)25-23(28)29-5-2/h6-9,12-13,15-16,24H,4-5,10-11,14H2,1-3H3,(H,25,28). The van der Waals surface area contributed by atoms with Crippen molar-refractivity contribution in [3.8, 4) is 0 Å². The van der Waals surface area contributed by atoms with Crippen LogP contribution in [0, 0.1) is 0 Å². The number of benzene rings is 2. The first-order valence-electron chi connectivity index (χ1n) is 10.3. The average molecular weight is 396 g/mol. The Morgan fingerprint density at radius 2 is 1.79 bits per heavy atom. The maximum atomic E-state index is 13.5. The van der Waals surface area contributed by atoms with Gasteiger partial charge in [0.05, 0.1) is 24.0 Å². The van der Waals surface area contributed by atoms with Crippen LogP contribution in [-0.2, 0) is 22.4 Å². The summed E-state index contributed by atoms with van der Waals surface area (Å²) >= 11 is 0. The molecule has 0 saturated carbocycles. The molecule has 0 aliphatic carbocycles. The van der Waals surface area contributed by atoms with Crippen molar-refractivity contribution >= 4 is 29.1 Å². The number of anilines is 3. The Balaban J connectivity index is 2.03. The molecule has 1 heterocycles. The van der Waals surface area contributed by atoms with E-state index in [1.165, 1.54) is 0 Å². The van der Waals surface area contributed by atoms with Crippen LogP contribution in [0.3, 0.4) is 0 Å². The third kappa shape index (κ3) is 4.77. The Morgan fingerprint density at radius 3 is 2.52 bits per heavy atom. The molecule has 1 atom stereocenters. The smallest absolute Gasteiger partial charge is 0.411 e. The van der Waals surface area contributed by atoms with Crippen LogP contribution in [0.2, 0.25) is 0 Å². The molecule has 1 unspecified atom stereocenters. The zero-order chi connectivity index (χ0) is 20.8. The molecule has 0 bridgehead atoms. The molecule has 29 heavy (non-hydrogen) atoms. The zero-order valence-electron chi connectivity index (χ0n) is 17.3. The second-order valence-corrected chi connectivity index (χ2v) is 7.17. The average Bonchev–Trinajstić information content (AvgIpc) is 2.88. The van der Waals surface area contributed by atoms with E-state index in [0.717, 1.165) is 48.3 Å². The number of nitrogens with zero attached hydrogens (tertiary/aromatic N) is 1. The Labute approximate surface area is 172 Å². The van der Waals surface area contributed by atoms with Crippen molar-refractivity contribution in [3.63, 3.8) is 0 Å². The molecule has 1 aliphatic rings. The Kier molecular flexibility index (Phi) is 6.88. The fourth-order valence-corrected chi connectivity index (χ4v) is 3.56. The van der Waals surface area contributed by atoms with Crippen molar-refractivity contribution in [2.75, 3.05) is 23.4 Å². The molecule has 0 fully saturated rings. The van der Waals surface area contributed by atoms with Gasteiger partial charge in [0.15, 0.2) is 0 Å². The normalized spacial score (nSPS) is 13.7. The van der Waals surface area contributed by atoms with Crippen LogP contribution in [0.1, 0.15) is 38.3 Å². The van der Waals surface area contributed by atoms with E-state index >= 15 is 0 Å². The molecule has 2 amide bonds. The molecule has 3 rings (SSSR count). The van der Waals surface area contributed by atoms with Crippen molar-refractivity contribution in [2.45, 2.75) is 46.1 Å². The lowest BCUT2D eigenvalue weighted by Gasteiger charge is -2.28. The van der Waals surface area contributed by atoms with E-state index in [-0.39, 0.29) is 11.9 Å². The summed E-state index contributed by atoms with van der Waals surface area (Å²) in [5.41, 5.74) is 4.52. The molecule has 2 N–H and O–H groups in total. The van der Waals surface area contributed by atoms with E-state index in [2.05, 4.69) is 23.6 Å². The number of carbonyl (C=O) groups is 2. The summed E-state index contributed by atoms with van der Waals surface area (Å²) in [4.78, 5) is 27.1. The lowest BCUT2D eigenvalue weighted by molar-refractivity contribution is -0.119. The molecular formula is C23H29N3O3. The fourth-order valence-electron chi connectivity index (χ4n) is 3.56. The van der Waals surface area contributed by atoms with Crippen molar-refractivity contribution in [2.24, 2.45) is 0 Å². The molecule has 6 nitrogen and oxygen atoms in total. The summed E-state index contributed by atoms with van der Waals surface area (Å²) in [5, 5.41) is 6.04. The first kappa shape index (κ1) is 20.9. The van der Waals surface area contributed by atoms with Gasteiger partial charge in [0.1, 0.15) is 0 Å². The number of hydrogen-bond donors (Lipinski definition) is 2. The lowest BCUT2D eigenvalue weighted by atomic mass is 10.0. The minimum atomic E-state index is -0.502.